The average Bonchev–Trinajstić information content (AvgIpc) is 2.16. The summed E-state index contributed by atoms with van der Waals surface area (Å²) in [7, 11) is 1.70. The minimum atomic E-state index is -0.881. The fourth-order valence-corrected chi connectivity index (χ4v) is 1.05. The Hall–Kier alpha value is -1.10. The summed E-state index contributed by atoms with van der Waals surface area (Å²) >= 11 is 0. The van der Waals surface area contributed by atoms with Crippen LogP contribution in [0.5, 0.6) is 0 Å². The molecule has 1 atom stereocenters. The molecule has 0 aliphatic carbocycles. The Labute approximate surface area is 84.1 Å². The van der Waals surface area contributed by atoms with Gasteiger partial charge in [0.05, 0.1) is 12.5 Å². The third-order valence-corrected chi connectivity index (χ3v) is 2.09. The first kappa shape index (κ1) is 12.9. The minimum Gasteiger partial charge on any atom is -0.481 e. The van der Waals surface area contributed by atoms with Crippen molar-refractivity contribution in [3.8, 4) is 0 Å². The molecule has 14 heavy (non-hydrogen) atoms. The highest BCUT2D eigenvalue weighted by Crippen LogP contribution is 1.96. The first-order valence-corrected chi connectivity index (χ1v) is 4.70. The first-order valence-electron chi connectivity index (χ1n) is 4.70. The van der Waals surface area contributed by atoms with Crippen LogP contribution in [0.15, 0.2) is 0 Å². The number of hydrogen-bond acceptors (Lipinski definition) is 3. The monoisotopic (exact) mass is 202 g/mol. The van der Waals surface area contributed by atoms with Crippen LogP contribution in [-0.4, -0.2) is 48.1 Å². The summed E-state index contributed by atoms with van der Waals surface area (Å²) in [6.45, 7) is 4.41. The van der Waals surface area contributed by atoms with Gasteiger partial charge in [-0.25, -0.2) is 0 Å². The highest BCUT2D eigenvalue weighted by Gasteiger charge is 2.17. The molecule has 0 saturated heterocycles. The largest absolute Gasteiger partial charge is 0.481 e. The molecule has 5 nitrogen and oxygen atoms in total. The quantitative estimate of drug-likeness (QED) is 0.632. The molecule has 1 unspecified atom stereocenters. The van der Waals surface area contributed by atoms with Gasteiger partial charge in [-0.3, -0.25) is 9.59 Å². The smallest absolute Gasteiger partial charge is 0.305 e. The number of aliphatic carboxylic acids is 1. The predicted molar refractivity (Wildman–Crippen MR) is 53.0 cm³/mol. The Morgan fingerprint density at radius 1 is 1.50 bits per heavy atom. The van der Waals surface area contributed by atoms with Crippen LogP contribution < -0.4 is 5.32 Å². The molecule has 0 radical (unpaired) electrons. The van der Waals surface area contributed by atoms with Gasteiger partial charge in [-0.2, -0.15) is 0 Å². The maximum Gasteiger partial charge on any atom is 0.305 e. The van der Waals surface area contributed by atoms with Crippen LogP contribution in [0.4, 0.5) is 0 Å². The van der Waals surface area contributed by atoms with E-state index < -0.39 is 5.97 Å². The molecule has 0 heterocycles. The van der Waals surface area contributed by atoms with Crippen molar-refractivity contribution in [1.29, 1.82) is 0 Å². The molecule has 0 spiro atoms. The van der Waals surface area contributed by atoms with E-state index in [1.54, 1.807) is 14.0 Å². The molecule has 1 amide bonds. The van der Waals surface area contributed by atoms with E-state index in [9.17, 15) is 9.59 Å². The Kier molecular flexibility index (Phi) is 5.87. The molecule has 5 heteroatoms. The van der Waals surface area contributed by atoms with E-state index >= 15 is 0 Å². The molecule has 0 aliphatic heterocycles. The molecule has 0 fully saturated rings. The summed E-state index contributed by atoms with van der Waals surface area (Å²) < 4.78 is 0. The lowest BCUT2D eigenvalue weighted by molar-refractivity contribution is -0.138. The number of carboxylic acid groups (broad SMARTS) is 1. The van der Waals surface area contributed by atoms with Crippen molar-refractivity contribution in [2.45, 2.75) is 26.3 Å². The van der Waals surface area contributed by atoms with Gasteiger partial charge in [0.1, 0.15) is 0 Å². The summed E-state index contributed by atoms with van der Waals surface area (Å²) in [6.07, 6.45) is -0.00395. The van der Waals surface area contributed by atoms with E-state index in [4.69, 9.17) is 5.11 Å². The summed E-state index contributed by atoms with van der Waals surface area (Å²) in [5.41, 5.74) is 0. The number of likely N-dealkylation sites (N-methyl/N-ethyl adjacent to an activating group) is 2. The van der Waals surface area contributed by atoms with Crippen LogP contribution >= 0.6 is 0 Å². The fourth-order valence-electron chi connectivity index (χ4n) is 1.05. The van der Waals surface area contributed by atoms with Gasteiger partial charge < -0.3 is 15.3 Å². The molecule has 0 bridgehead atoms. The molecule has 0 aliphatic rings. The zero-order valence-corrected chi connectivity index (χ0v) is 8.91. The van der Waals surface area contributed by atoms with E-state index in [1.165, 1.54) is 4.90 Å². The third-order valence-electron chi connectivity index (χ3n) is 2.09. The van der Waals surface area contributed by atoms with E-state index in [2.05, 4.69) is 5.32 Å². The van der Waals surface area contributed by atoms with Crippen LogP contribution in [0, 0.1) is 0 Å². The molecule has 2 N–H and O–H groups in total. The second kappa shape index (κ2) is 6.37. The van der Waals surface area contributed by atoms with Crippen LogP contribution in [0.3, 0.4) is 0 Å². The fraction of sp³-hybridized carbons (Fsp3) is 0.778. The molecule has 0 aromatic rings. The van der Waals surface area contributed by atoms with Gasteiger partial charge in [0.2, 0.25) is 5.91 Å². The van der Waals surface area contributed by atoms with Gasteiger partial charge >= 0.3 is 5.97 Å². The van der Waals surface area contributed by atoms with Crippen molar-refractivity contribution in [3.63, 3.8) is 0 Å². The van der Waals surface area contributed by atoms with Gasteiger partial charge in [0, 0.05) is 13.1 Å². The molecular weight excluding hydrogens is 184 g/mol. The number of carboxylic acids is 1. The maximum atomic E-state index is 11.6. The van der Waals surface area contributed by atoms with Crippen molar-refractivity contribution in [2.75, 3.05) is 20.1 Å². The molecule has 82 valence electrons. The Balaban J connectivity index is 4.12. The summed E-state index contributed by atoms with van der Waals surface area (Å²) in [4.78, 5) is 23.5. The maximum absolute atomic E-state index is 11.6. The topological polar surface area (TPSA) is 69.6 Å². The molecule has 0 aromatic carbocycles. The highest BCUT2D eigenvalue weighted by molar-refractivity contribution is 5.81. The zero-order chi connectivity index (χ0) is 11.1. The van der Waals surface area contributed by atoms with Crippen LogP contribution in [0.2, 0.25) is 0 Å². The molecule has 0 aromatic heterocycles. The Bertz CT molecular complexity index is 206. The van der Waals surface area contributed by atoms with E-state index in [0.717, 1.165) is 0 Å². The van der Waals surface area contributed by atoms with Crippen molar-refractivity contribution in [1.82, 2.24) is 10.2 Å². The SMILES string of the molecule is CCN(CCC(=O)O)C(=O)C(C)NC. The predicted octanol–water partition coefficient (Wildman–Crippen LogP) is -0.0825. The number of amides is 1. The summed E-state index contributed by atoms with van der Waals surface area (Å²) in [5.74, 6) is -0.940. The van der Waals surface area contributed by atoms with E-state index in [0.29, 0.717) is 6.54 Å². The average molecular weight is 202 g/mol. The van der Waals surface area contributed by atoms with E-state index in [-0.39, 0.29) is 24.9 Å². The Morgan fingerprint density at radius 2 is 2.07 bits per heavy atom. The minimum absolute atomic E-state index is 0.00395. The lowest BCUT2D eigenvalue weighted by Gasteiger charge is -2.23. The second-order valence-corrected chi connectivity index (χ2v) is 3.07. The van der Waals surface area contributed by atoms with Gasteiger partial charge in [-0.15, -0.1) is 0 Å². The number of rotatable bonds is 6. The number of nitrogens with one attached hydrogen (secondary N) is 1. The van der Waals surface area contributed by atoms with E-state index in [1.807, 2.05) is 6.92 Å². The Morgan fingerprint density at radius 3 is 2.43 bits per heavy atom. The number of nitrogens with zero attached hydrogens (tertiary/aromatic N) is 1. The number of hydrogen-bond donors (Lipinski definition) is 2. The standard InChI is InChI=1S/C9H18N2O3/c1-4-11(6-5-8(12)13)9(14)7(2)10-3/h7,10H,4-6H2,1-3H3,(H,12,13). The number of carbonyl (C=O) groups is 2. The second-order valence-electron chi connectivity index (χ2n) is 3.07. The van der Waals surface area contributed by atoms with Gasteiger partial charge in [0.15, 0.2) is 0 Å². The van der Waals surface area contributed by atoms with Crippen molar-refractivity contribution in [3.05, 3.63) is 0 Å². The van der Waals surface area contributed by atoms with Gasteiger partial charge in [-0.1, -0.05) is 0 Å². The van der Waals surface area contributed by atoms with Gasteiger partial charge in [-0.05, 0) is 20.9 Å². The van der Waals surface area contributed by atoms with Gasteiger partial charge in [0.25, 0.3) is 0 Å². The molecule has 0 rings (SSSR count). The molecule has 0 saturated carbocycles. The van der Waals surface area contributed by atoms with Crippen molar-refractivity contribution < 1.29 is 14.7 Å². The normalized spacial score (nSPS) is 12.2. The molecular formula is C9H18N2O3. The summed E-state index contributed by atoms with van der Waals surface area (Å²) in [5, 5.41) is 11.3. The lowest BCUT2D eigenvalue weighted by Crippen LogP contribution is -2.44. The number of carbonyl (C=O) groups excluding carboxylic acids is 1. The van der Waals surface area contributed by atoms with Crippen LogP contribution in [0.25, 0.3) is 0 Å². The van der Waals surface area contributed by atoms with Crippen LogP contribution in [0.1, 0.15) is 20.3 Å². The van der Waals surface area contributed by atoms with Crippen molar-refractivity contribution in [2.24, 2.45) is 0 Å². The van der Waals surface area contributed by atoms with Crippen molar-refractivity contribution >= 4 is 11.9 Å². The highest BCUT2D eigenvalue weighted by atomic mass is 16.4. The lowest BCUT2D eigenvalue weighted by atomic mass is 10.2. The third kappa shape index (κ3) is 4.23. The van der Waals surface area contributed by atoms with Crippen LogP contribution in [-0.2, 0) is 9.59 Å². The first-order chi connectivity index (χ1) is 6.52. The summed E-state index contributed by atoms with van der Waals surface area (Å²) in [6, 6.07) is -0.260. The zero-order valence-electron chi connectivity index (χ0n) is 8.91.